The molecular formula is C9H22F6NP. The van der Waals surface area contributed by atoms with Crippen LogP contribution in [0.1, 0.15) is 46.5 Å². The van der Waals surface area contributed by atoms with Crippen LogP contribution in [-0.2, 0) is 0 Å². The summed E-state index contributed by atoms with van der Waals surface area (Å²) in [7, 11) is -10.7. The summed E-state index contributed by atoms with van der Waals surface area (Å²) in [6, 6.07) is 0.881. The van der Waals surface area contributed by atoms with E-state index in [2.05, 4.69) is 26.1 Å². The summed E-state index contributed by atoms with van der Waals surface area (Å²) in [4.78, 5) is 0. The third-order valence-electron chi connectivity index (χ3n) is 2.11. The predicted octanol–water partition coefficient (Wildman–Crippen LogP) is 4.92. The van der Waals surface area contributed by atoms with Crippen LogP contribution in [0.5, 0.6) is 0 Å². The Kier molecular flexibility index (Phi) is 7.08. The molecule has 0 aliphatic heterocycles. The van der Waals surface area contributed by atoms with Gasteiger partial charge in [-0.15, -0.1) is 0 Å². The molecule has 2 N–H and O–H groups in total. The van der Waals surface area contributed by atoms with Gasteiger partial charge in [-0.3, -0.25) is 0 Å². The second kappa shape index (κ2) is 6.23. The van der Waals surface area contributed by atoms with Gasteiger partial charge >= 0.3 is 33.0 Å². The van der Waals surface area contributed by atoms with Crippen molar-refractivity contribution < 1.29 is 30.5 Å². The summed E-state index contributed by atoms with van der Waals surface area (Å²) in [6.45, 7) is 8.12. The second-order valence-electron chi connectivity index (χ2n) is 3.91. The third kappa shape index (κ3) is 38.7. The van der Waals surface area contributed by atoms with Crippen LogP contribution >= 0.6 is 7.81 Å². The van der Waals surface area contributed by atoms with E-state index in [1.807, 2.05) is 0 Å². The van der Waals surface area contributed by atoms with E-state index in [0.717, 1.165) is 6.04 Å². The monoisotopic (exact) mass is 289 g/mol. The van der Waals surface area contributed by atoms with Crippen molar-refractivity contribution in [3.05, 3.63) is 0 Å². The van der Waals surface area contributed by atoms with Gasteiger partial charge in [0, 0.05) is 0 Å². The predicted molar refractivity (Wildman–Crippen MR) is 59.6 cm³/mol. The van der Waals surface area contributed by atoms with E-state index in [-0.39, 0.29) is 0 Å². The zero-order chi connectivity index (χ0) is 14.2. The van der Waals surface area contributed by atoms with Crippen molar-refractivity contribution in [3.63, 3.8) is 0 Å². The Bertz CT molecular complexity index is 183. The maximum atomic E-state index is 9.87. The number of hydrogen-bond acceptors (Lipinski definition) is 0. The molecule has 0 aromatic heterocycles. The SMILES string of the molecule is CCCC[NH2+]C(CC)CC.F[P-](F)(F)(F)(F)F. The van der Waals surface area contributed by atoms with Crippen molar-refractivity contribution in [3.8, 4) is 0 Å². The molecule has 0 heterocycles. The molecule has 0 atom stereocenters. The van der Waals surface area contributed by atoms with Crippen LogP contribution in [0.3, 0.4) is 0 Å². The number of quaternary nitrogens is 1. The molecule has 110 valence electrons. The molecule has 0 saturated carbocycles. The van der Waals surface area contributed by atoms with Crippen molar-refractivity contribution >= 4 is 7.81 Å². The fraction of sp³-hybridized carbons (Fsp3) is 1.00. The van der Waals surface area contributed by atoms with E-state index >= 15 is 0 Å². The summed E-state index contributed by atoms with van der Waals surface area (Å²) in [5.41, 5.74) is 0. The Hall–Kier alpha value is -0.0300. The van der Waals surface area contributed by atoms with Gasteiger partial charge in [0.15, 0.2) is 0 Å². The van der Waals surface area contributed by atoms with Gasteiger partial charge in [-0.1, -0.05) is 27.2 Å². The molecule has 1 nitrogen and oxygen atoms in total. The molecule has 8 heteroatoms. The average molecular weight is 289 g/mol. The molecule has 0 radical (unpaired) electrons. The Morgan fingerprint density at radius 3 is 1.47 bits per heavy atom. The molecule has 0 amide bonds. The van der Waals surface area contributed by atoms with E-state index in [4.69, 9.17) is 0 Å². The van der Waals surface area contributed by atoms with Crippen LogP contribution in [-0.4, -0.2) is 12.6 Å². The summed E-state index contributed by atoms with van der Waals surface area (Å²) >= 11 is 0. The van der Waals surface area contributed by atoms with Crippen molar-refractivity contribution in [2.75, 3.05) is 6.54 Å². The molecule has 0 aliphatic carbocycles. The van der Waals surface area contributed by atoms with Crippen LogP contribution < -0.4 is 5.32 Å². The van der Waals surface area contributed by atoms with Crippen molar-refractivity contribution in [2.45, 2.75) is 52.5 Å². The van der Waals surface area contributed by atoms with Gasteiger partial charge in [0.2, 0.25) is 0 Å². The van der Waals surface area contributed by atoms with Crippen molar-refractivity contribution in [1.82, 2.24) is 0 Å². The number of halogens is 6. The van der Waals surface area contributed by atoms with Gasteiger partial charge in [0.1, 0.15) is 0 Å². The summed E-state index contributed by atoms with van der Waals surface area (Å²) < 4.78 is 59.2. The zero-order valence-corrected chi connectivity index (χ0v) is 11.3. The van der Waals surface area contributed by atoms with Crippen LogP contribution in [0.15, 0.2) is 0 Å². The quantitative estimate of drug-likeness (QED) is 0.406. The van der Waals surface area contributed by atoms with Crippen LogP contribution in [0, 0.1) is 0 Å². The average Bonchev–Trinajstić information content (AvgIpc) is 2.07. The molecule has 0 aliphatic rings. The second-order valence-corrected chi connectivity index (χ2v) is 5.83. The molecule has 0 spiro atoms. The van der Waals surface area contributed by atoms with E-state index in [9.17, 15) is 25.2 Å². The number of rotatable bonds is 6. The fourth-order valence-corrected chi connectivity index (χ4v) is 1.18. The normalized spacial score (nSPS) is 15.9. The minimum atomic E-state index is -10.7. The van der Waals surface area contributed by atoms with Gasteiger partial charge in [-0.2, -0.15) is 0 Å². The summed E-state index contributed by atoms with van der Waals surface area (Å²) in [6.07, 6.45) is 5.34. The Morgan fingerprint density at radius 1 is 0.882 bits per heavy atom. The molecule has 0 saturated heterocycles. The van der Waals surface area contributed by atoms with Gasteiger partial charge < -0.3 is 5.32 Å². The first kappa shape index (κ1) is 19.3. The van der Waals surface area contributed by atoms with Crippen LogP contribution in [0.25, 0.3) is 0 Å². The summed E-state index contributed by atoms with van der Waals surface area (Å²) in [5.74, 6) is 0. The zero-order valence-electron chi connectivity index (χ0n) is 10.4. The molecule has 0 aromatic rings. The first-order valence-corrected chi connectivity index (χ1v) is 7.72. The summed E-state index contributed by atoms with van der Waals surface area (Å²) in [5, 5.41) is 2.49. The molecular weight excluding hydrogens is 267 g/mol. The van der Waals surface area contributed by atoms with Gasteiger partial charge in [-0.25, -0.2) is 0 Å². The van der Waals surface area contributed by atoms with Gasteiger partial charge in [-0.05, 0) is 19.3 Å². The van der Waals surface area contributed by atoms with Crippen LogP contribution in [0.2, 0.25) is 0 Å². The van der Waals surface area contributed by atoms with E-state index in [1.165, 1.54) is 32.2 Å². The molecule has 17 heavy (non-hydrogen) atoms. The fourth-order valence-electron chi connectivity index (χ4n) is 1.18. The standard InChI is InChI=1S/C9H21N.F6P/c1-4-7-8-10-9(5-2)6-3;1-7(2,3,4,5)6/h9-10H,4-8H2,1-3H3;/q;-1/p+1. The minimum absolute atomic E-state index is 0.881. The topological polar surface area (TPSA) is 16.6 Å². The number of nitrogens with two attached hydrogens (primary N) is 1. The molecule has 0 aromatic carbocycles. The van der Waals surface area contributed by atoms with Crippen molar-refractivity contribution in [2.24, 2.45) is 0 Å². The first-order chi connectivity index (χ1) is 7.30. The third-order valence-corrected chi connectivity index (χ3v) is 2.11. The number of unbranched alkanes of at least 4 members (excludes halogenated alkanes) is 1. The molecule has 0 fully saturated rings. The maximum absolute atomic E-state index is 10.7. The van der Waals surface area contributed by atoms with Gasteiger partial charge in [0.05, 0.1) is 12.6 Å². The molecule has 0 rings (SSSR count). The Labute approximate surface area is 98.2 Å². The van der Waals surface area contributed by atoms with Crippen molar-refractivity contribution in [1.29, 1.82) is 0 Å². The first-order valence-electron chi connectivity index (χ1n) is 5.69. The van der Waals surface area contributed by atoms with Crippen LogP contribution in [0.4, 0.5) is 25.2 Å². The molecule has 0 bridgehead atoms. The Morgan fingerprint density at radius 2 is 1.24 bits per heavy atom. The van der Waals surface area contributed by atoms with Gasteiger partial charge in [0.25, 0.3) is 0 Å². The van der Waals surface area contributed by atoms with E-state index in [0.29, 0.717) is 0 Å². The number of hydrogen-bond donors (Lipinski definition) is 1. The molecule has 0 unspecified atom stereocenters. The van der Waals surface area contributed by atoms with E-state index in [1.54, 1.807) is 0 Å². The van der Waals surface area contributed by atoms with E-state index < -0.39 is 7.81 Å². The Balaban J connectivity index is 0.